The Balaban J connectivity index is 1.41. The lowest BCUT2D eigenvalue weighted by Crippen LogP contribution is -2.27. The molecule has 0 bridgehead atoms. The molecule has 3 N–H and O–H groups in total. The summed E-state index contributed by atoms with van der Waals surface area (Å²) < 4.78 is 1.61. The van der Waals surface area contributed by atoms with Gasteiger partial charge in [0.15, 0.2) is 5.43 Å². The lowest BCUT2D eigenvalue weighted by molar-refractivity contribution is 0.774. The number of nitrogens with one attached hydrogen (secondary N) is 3. The van der Waals surface area contributed by atoms with E-state index in [0.29, 0.717) is 67.1 Å². The Hall–Kier alpha value is -5.09. The van der Waals surface area contributed by atoms with Gasteiger partial charge in [-0.3, -0.25) is 14.2 Å². The molecule has 208 valence electrons. The Morgan fingerprint density at radius 3 is 2.50 bits per heavy atom. The monoisotopic (exact) mass is 576 g/mol. The van der Waals surface area contributed by atoms with E-state index in [9.17, 15) is 9.59 Å². The number of rotatable bonds is 7. The number of aromatic amines is 1. The number of para-hydroxylation sites is 1. The molecule has 0 amide bonds. The van der Waals surface area contributed by atoms with E-state index in [0.717, 1.165) is 12.8 Å². The average Bonchev–Trinajstić information content (AvgIpc) is 3.83. The van der Waals surface area contributed by atoms with Gasteiger partial charge in [0.2, 0.25) is 5.95 Å². The topological polar surface area (TPSA) is 130 Å². The van der Waals surface area contributed by atoms with Gasteiger partial charge in [0.25, 0.3) is 5.56 Å². The number of pyridine rings is 2. The SMILES string of the molecule is C[C@H](Nc1ncnc2[nH]ccc(=O)c12)c1c(Cl)c2cccc(-c3cnc(NC4CC4)nc3)c2c(=O)n1-c1ccccc1. The molecule has 2 aromatic carbocycles. The number of hydrogen-bond donors (Lipinski definition) is 3. The Bertz CT molecular complexity index is 2070. The molecule has 1 aliphatic rings. The number of nitrogens with zero attached hydrogens (tertiary/aromatic N) is 5. The van der Waals surface area contributed by atoms with Crippen LogP contribution in [0.4, 0.5) is 11.8 Å². The van der Waals surface area contributed by atoms with Gasteiger partial charge in [-0.05, 0) is 37.5 Å². The number of fused-ring (bicyclic) bond motifs is 2. The molecular formula is C31H25ClN8O2. The van der Waals surface area contributed by atoms with Crippen LogP contribution in [0, 0.1) is 0 Å². The van der Waals surface area contributed by atoms with Crippen molar-refractivity contribution in [2.75, 3.05) is 10.6 Å². The van der Waals surface area contributed by atoms with E-state index >= 15 is 0 Å². The van der Waals surface area contributed by atoms with Gasteiger partial charge in [-0.25, -0.2) is 19.9 Å². The lowest BCUT2D eigenvalue weighted by atomic mass is 9.99. The molecule has 10 nitrogen and oxygen atoms in total. The number of aromatic nitrogens is 6. The Labute approximate surface area is 244 Å². The highest BCUT2D eigenvalue weighted by Gasteiger charge is 2.25. The van der Waals surface area contributed by atoms with E-state index in [1.54, 1.807) is 17.0 Å². The summed E-state index contributed by atoms with van der Waals surface area (Å²) in [5.41, 5.74) is 2.50. The summed E-state index contributed by atoms with van der Waals surface area (Å²) in [5.74, 6) is 0.905. The molecule has 4 heterocycles. The fraction of sp³-hybridized carbons (Fsp3) is 0.161. The van der Waals surface area contributed by atoms with Crippen LogP contribution in [0.2, 0.25) is 5.02 Å². The normalized spacial score (nSPS) is 13.8. The maximum Gasteiger partial charge on any atom is 0.263 e. The number of H-pyrrole nitrogens is 1. The summed E-state index contributed by atoms with van der Waals surface area (Å²) in [4.78, 5) is 47.7. The van der Waals surface area contributed by atoms with Gasteiger partial charge in [-0.2, -0.15) is 0 Å². The maximum atomic E-state index is 14.5. The highest BCUT2D eigenvalue weighted by Crippen LogP contribution is 2.36. The molecule has 1 aliphatic carbocycles. The Morgan fingerprint density at radius 2 is 1.74 bits per heavy atom. The Morgan fingerprint density at radius 1 is 0.952 bits per heavy atom. The molecular weight excluding hydrogens is 552 g/mol. The smallest absolute Gasteiger partial charge is 0.263 e. The summed E-state index contributed by atoms with van der Waals surface area (Å²) in [6, 6.07) is 16.2. The van der Waals surface area contributed by atoms with E-state index < -0.39 is 6.04 Å². The third kappa shape index (κ3) is 4.55. The minimum Gasteiger partial charge on any atom is -0.361 e. The van der Waals surface area contributed by atoms with Crippen LogP contribution in [0.3, 0.4) is 0 Å². The molecule has 11 heteroatoms. The summed E-state index contributed by atoms with van der Waals surface area (Å²) in [6.45, 7) is 1.88. The van der Waals surface area contributed by atoms with E-state index in [-0.39, 0.29) is 11.0 Å². The number of hydrogen-bond acceptors (Lipinski definition) is 8. The van der Waals surface area contributed by atoms with Crippen molar-refractivity contribution in [3.05, 3.63) is 111 Å². The predicted molar refractivity (Wildman–Crippen MR) is 164 cm³/mol. The highest BCUT2D eigenvalue weighted by molar-refractivity contribution is 6.36. The van der Waals surface area contributed by atoms with Gasteiger partial charge < -0.3 is 15.6 Å². The van der Waals surface area contributed by atoms with Crippen molar-refractivity contribution in [3.63, 3.8) is 0 Å². The second-order valence-corrected chi connectivity index (χ2v) is 10.6. The largest absolute Gasteiger partial charge is 0.361 e. The third-order valence-electron chi connectivity index (χ3n) is 7.38. The zero-order valence-electron chi connectivity index (χ0n) is 22.5. The van der Waals surface area contributed by atoms with Crippen LogP contribution in [-0.2, 0) is 0 Å². The molecule has 7 rings (SSSR count). The zero-order valence-corrected chi connectivity index (χ0v) is 23.3. The van der Waals surface area contributed by atoms with E-state index in [1.807, 2.05) is 55.5 Å². The molecule has 0 aliphatic heterocycles. The molecule has 1 saturated carbocycles. The van der Waals surface area contributed by atoms with Crippen LogP contribution >= 0.6 is 11.6 Å². The molecule has 0 saturated heterocycles. The third-order valence-corrected chi connectivity index (χ3v) is 7.78. The second kappa shape index (κ2) is 10.4. The van der Waals surface area contributed by atoms with Crippen LogP contribution in [0.5, 0.6) is 0 Å². The quantitative estimate of drug-likeness (QED) is 0.228. The molecule has 0 unspecified atom stereocenters. The molecule has 1 fully saturated rings. The first-order valence-electron chi connectivity index (χ1n) is 13.6. The molecule has 4 aromatic heterocycles. The fourth-order valence-electron chi connectivity index (χ4n) is 5.22. The van der Waals surface area contributed by atoms with Crippen molar-refractivity contribution in [2.45, 2.75) is 31.8 Å². The van der Waals surface area contributed by atoms with E-state index in [2.05, 4.69) is 35.6 Å². The molecule has 0 radical (unpaired) electrons. The van der Waals surface area contributed by atoms with Gasteiger partial charge >= 0.3 is 0 Å². The van der Waals surface area contributed by atoms with Crippen LogP contribution in [0.15, 0.2) is 89.1 Å². The van der Waals surface area contributed by atoms with Gasteiger partial charge in [0.1, 0.15) is 23.2 Å². The average molecular weight is 577 g/mol. The number of benzene rings is 2. The van der Waals surface area contributed by atoms with Crippen molar-refractivity contribution >= 4 is 45.2 Å². The van der Waals surface area contributed by atoms with Crippen molar-refractivity contribution in [3.8, 4) is 16.8 Å². The minimum atomic E-state index is -0.535. The molecule has 0 spiro atoms. The molecule has 42 heavy (non-hydrogen) atoms. The summed E-state index contributed by atoms with van der Waals surface area (Å²) >= 11 is 7.19. The van der Waals surface area contributed by atoms with E-state index in [1.165, 1.54) is 18.6 Å². The summed E-state index contributed by atoms with van der Waals surface area (Å²) in [5, 5.41) is 8.38. The Kier molecular flexibility index (Phi) is 6.39. The highest BCUT2D eigenvalue weighted by atomic mass is 35.5. The lowest BCUT2D eigenvalue weighted by Gasteiger charge is -2.24. The van der Waals surface area contributed by atoms with Crippen molar-refractivity contribution in [2.24, 2.45) is 0 Å². The van der Waals surface area contributed by atoms with Gasteiger partial charge in [-0.15, -0.1) is 0 Å². The minimum absolute atomic E-state index is 0.227. The summed E-state index contributed by atoms with van der Waals surface area (Å²) in [6.07, 6.45) is 8.60. The van der Waals surface area contributed by atoms with Crippen LogP contribution in [0.1, 0.15) is 31.5 Å². The van der Waals surface area contributed by atoms with Crippen molar-refractivity contribution < 1.29 is 0 Å². The van der Waals surface area contributed by atoms with Crippen LogP contribution < -0.4 is 21.6 Å². The second-order valence-electron chi connectivity index (χ2n) is 10.3. The standard InChI is InChI=1S/C31H25ClN8O2/c1-17(38-29-25-23(41)12-13-33-28(25)36-16-37-29)27-26(32)22-9-5-8-21(18-14-34-31(35-15-18)39-19-10-11-19)24(22)30(42)40(27)20-6-3-2-4-7-20/h2-9,12-17,19H,10-11H2,1H3,(H,34,35,39)(H2,33,36,37,38,41)/t17-/m0/s1. The van der Waals surface area contributed by atoms with Crippen LogP contribution in [-0.4, -0.2) is 35.5 Å². The number of anilines is 2. The fourth-order valence-corrected chi connectivity index (χ4v) is 5.63. The molecule has 1 atom stereocenters. The molecule has 6 aromatic rings. The van der Waals surface area contributed by atoms with Crippen LogP contribution in [0.25, 0.3) is 38.6 Å². The maximum absolute atomic E-state index is 14.5. The first-order chi connectivity index (χ1) is 20.5. The first-order valence-corrected chi connectivity index (χ1v) is 14.0. The number of halogens is 1. The van der Waals surface area contributed by atoms with Crippen molar-refractivity contribution in [1.29, 1.82) is 0 Å². The summed E-state index contributed by atoms with van der Waals surface area (Å²) in [7, 11) is 0. The zero-order chi connectivity index (χ0) is 28.8. The van der Waals surface area contributed by atoms with Gasteiger partial charge in [0, 0.05) is 47.3 Å². The van der Waals surface area contributed by atoms with E-state index in [4.69, 9.17) is 11.6 Å². The van der Waals surface area contributed by atoms with Gasteiger partial charge in [-0.1, -0.05) is 48.0 Å². The first kappa shape index (κ1) is 25.8. The predicted octanol–water partition coefficient (Wildman–Crippen LogP) is 5.48. The van der Waals surface area contributed by atoms with Crippen molar-refractivity contribution in [1.82, 2.24) is 29.5 Å². The van der Waals surface area contributed by atoms with Gasteiger partial charge in [0.05, 0.1) is 22.1 Å².